The van der Waals surface area contributed by atoms with Crippen molar-refractivity contribution in [1.29, 1.82) is 5.26 Å². The van der Waals surface area contributed by atoms with E-state index in [1.165, 1.54) is 0 Å². The summed E-state index contributed by atoms with van der Waals surface area (Å²) in [6.07, 6.45) is 0.362. The zero-order chi connectivity index (χ0) is 10.6. The minimum absolute atomic E-state index is 0. The van der Waals surface area contributed by atoms with Gasteiger partial charge < -0.3 is 10.6 Å². The SMILES string of the molecule is CN(C)c1ccc([C@H](N)CC#N)cc1.Cl.Cl. The molecule has 1 rings (SSSR count). The molecule has 0 aliphatic heterocycles. The maximum absolute atomic E-state index is 8.50. The predicted molar refractivity (Wildman–Crippen MR) is 72.4 cm³/mol. The van der Waals surface area contributed by atoms with Gasteiger partial charge in [-0.2, -0.15) is 5.26 Å². The quantitative estimate of drug-likeness (QED) is 0.910. The van der Waals surface area contributed by atoms with Gasteiger partial charge in [0.2, 0.25) is 0 Å². The molecule has 90 valence electrons. The summed E-state index contributed by atoms with van der Waals surface area (Å²) < 4.78 is 0. The molecule has 0 saturated heterocycles. The van der Waals surface area contributed by atoms with Crippen molar-refractivity contribution in [3.05, 3.63) is 29.8 Å². The van der Waals surface area contributed by atoms with Crippen LogP contribution in [0.5, 0.6) is 0 Å². The van der Waals surface area contributed by atoms with Crippen molar-refractivity contribution in [2.24, 2.45) is 5.73 Å². The fourth-order valence-corrected chi connectivity index (χ4v) is 1.24. The van der Waals surface area contributed by atoms with Crippen molar-refractivity contribution in [3.8, 4) is 6.07 Å². The van der Waals surface area contributed by atoms with E-state index in [1.54, 1.807) is 0 Å². The van der Waals surface area contributed by atoms with Gasteiger partial charge in [-0.25, -0.2) is 0 Å². The van der Waals surface area contributed by atoms with Crippen molar-refractivity contribution >= 4 is 30.5 Å². The summed E-state index contributed by atoms with van der Waals surface area (Å²) >= 11 is 0. The van der Waals surface area contributed by atoms with E-state index in [0.29, 0.717) is 6.42 Å². The van der Waals surface area contributed by atoms with Crippen LogP contribution >= 0.6 is 24.8 Å². The van der Waals surface area contributed by atoms with Crippen LogP contribution in [0.15, 0.2) is 24.3 Å². The average Bonchev–Trinajstić information content (AvgIpc) is 2.18. The molecule has 0 aliphatic carbocycles. The Morgan fingerprint density at radius 2 is 1.75 bits per heavy atom. The predicted octanol–water partition coefficient (Wildman–Crippen LogP) is 2.51. The van der Waals surface area contributed by atoms with Gasteiger partial charge in [-0.1, -0.05) is 12.1 Å². The number of benzene rings is 1. The average molecular weight is 262 g/mol. The Morgan fingerprint density at radius 1 is 1.25 bits per heavy atom. The lowest BCUT2D eigenvalue weighted by Gasteiger charge is -2.14. The van der Waals surface area contributed by atoms with Gasteiger partial charge >= 0.3 is 0 Å². The first-order valence-corrected chi connectivity index (χ1v) is 4.55. The van der Waals surface area contributed by atoms with Crippen LogP contribution in [0.2, 0.25) is 0 Å². The standard InChI is InChI=1S/C11H15N3.2ClH/c1-14(2)10-5-3-9(4-6-10)11(13)7-8-12;;/h3-6,11H,7,13H2,1-2H3;2*1H/t11-;;/m1../s1. The largest absolute Gasteiger partial charge is 0.378 e. The summed E-state index contributed by atoms with van der Waals surface area (Å²) in [6.45, 7) is 0. The van der Waals surface area contributed by atoms with Crippen LogP contribution in [0.25, 0.3) is 0 Å². The summed E-state index contributed by atoms with van der Waals surface area (Å²) in [5, 5.41) is 8.50. The van der Waals surface area contributed by atoms with Crippen molar-refractivity contribution in [3.63, 3.8) is 0 Å². The van der Waals surface area contributed by atoms with Gasteiger partial charge in [0.15, 0.2) is 0 Å². The fraction of sp³-hybridized carbons (Fsp3) is 0.364. The zero-order valence-corrected chi connectivity index (χ0v) is 11.0. The molecule has 2 N–H and O–H groups in total. The topological polar surface area (TPSA) is 53.0 Å². The van der Waals surface area contributed by atoms with Gasteiger partial charge in [0, 0.05) is 25.8 Å². The maximum atomic E-state index is 8.50. The molecule has 0 unspecified atom stereocenters. The highest BCUT2D eigenvalue weighted by Crippen LogP contribution is 2.17. The Kier molecular flexibility index (Phi) is 8.97. The highest BCUT2D eigenvalue weighted by Gasteiger charge is 2.04. The van der Waals surface area contributed by atoms with E-state index < -0.39 is 0 Å². The fourth-order valence-electron chi connectivity index (χ4n) is 1.24. The van der Waals surface area contributed by atoms with E-state index in [4.69, 9.17) is 11.0 Å². The molecule has 1 atom stereocenters. The smallest absolute Gasteiger partial charge is 0.0641 e. The maximum Gasteiger partial charge on any atom is 0.0641 e. The summed E-state index contributed by atoms with van der Waals surface area (Å²) in [4.78, 5) is 2.03. The number of anilines is 1. The molecule has 0 bridgehead atoms. The van der Waals surface area contributed by atoms with Crippen LogP contribution in [-0.2, 0) is 0 Å². The molecular weight excluding hydrogens is 245 g/mol. The third kappa shape index (κ3) is 4.71. The molecule has 0 spiro atoms. The Bertz CT molecular complexity index is 330. The van der Waals surface area contributed by atoms with Gasteiger partial charge in [-0.3, -0.25) is 0 Å². The molecule has 1 aromatic rings. The Balaban J connectivity index is 0. The lowest BCUT2D eigenvalue weighted by Crippen LogP contribution is -2.11. The second kappa shape index (κ2) is 8.23. The van der Waals surface area contributed by atoms with Gasteiger partial charge in [0.1, 0.15) is 0 Å². The van der Waals surface area contributed by atoms with Gasteiger partial charge in [-0.15, -0.1) is 24.8 Å². The minimum Gasteiger partial charge on any atom is -0.378 e. The lowest BCUT2D eigenvalue weighted by atomic mass is 10.1. The summed E-state index contributed by atoms with van der Waals surface area (Å²) in [5.74, 6) is 0. The summed E-state index contributed by atoms with van der Waals surface area (Å²) in [7, 11) is 3.98. The highest BCUT2D eigenvalue weighted by molar-refractivity contribution is 5.85. The molecular formula is C11H17Cl2N3. The van der Waals surface area contributed by atoms with E-state index in [2.05, 4.69) is 6.07 Å². The Labute approximate surface area is 109 Å². The van der Waals surface area contributed by atoms with E-state index in [0.717, 1.165) is 11.3 Å². The van der Waals surface area contributed by atoms with E-state index >= 15 is 0 Å². The van der Waals surface area contributed by atoms with Crippen molar-refractivity contribution < 1.29 is 0 Å². The summed E-state index contributed by atoms with van der Waals surface area (Å²) in [6, 6.07) is 9.85. The van der Waals surface area contributed by atoms with Gasteiger partial charge in [0.05, 0.1) is 12.5 Å². The van der Waals surface area contributed by atoms with Crippen LogP contribution in [0.3, 0.4) is 0 Å². The van der Waals surface area contributed by atoms with Crippen molar-refractivity contribution in [2.75, 3.05) is 19.0 Å². The van der Waals surface area contributed by atoms with E-state index in [1.807, 2.05) is 43.3 Å². The number of nitrogens with zero attached hydrogens (tertiary/aromatic N) is 2. The molecule has 16 heavy (non-hydrogen) atoms. The monoisotopic (exact) mass is 261 g/mol. The Morgan fingerprint density at radius 3 is 2.12 bits per heavy atom. The van der Waals surface area contributed by atoms with Gasteiger partial charge in [-0.05, 0) is 17.7 Å². The summed E-state index contributed by atoms with van der Waals surface area (Å²) in [5.41, 5.74) is 7.94. The first kappa shape index (κ1) is 17.4. The third-order valence-electron chi connectivity index (χ3n) is 2.15. The molecule has 0 saturated carbocycles. The van der Waals surface area contributed by atoms with Crippen LogP contribution in [0, 0.1) is 11.3 Å². The second-order valence-electron chi connectivity index (χ2n) is 3.45. The second-order valence-corrected chi connectivity index (χ2v) is 3.45. The normalized spacial score (nSPS) is 10.4. The highest BCUT2D eigenvalue weighted by atomic mass is 35.5. The molecule has 0 fully saturated rings. The van der Waals surface area contributed by atoms with Crippen LogP contribution in [0.4, 0.5) is 5.69 Å². The molecule has 5 heteroatoms. The number of rotatable bonds is 3. The molecule has 0 heterocycles. The molecule has 0 aliphatic rings. The molecule has 3 nitrogen and oxygen atoms in total. The first-order valence-electron chi connectivity index (χ1n) is 4.55. The van der Waals surface area contributed by atoms with Crippen LogP contribution in [-0.4, -0.2) is 14.1 Å². The Hall–Kier alpha value is -0.950. The third-order valence-corrected chi connectivity index (χ3v) is 2.15. The molecule has 0 aromatic heterocycles. The molecule has 0 radical (unpaired) electrons. The van der Waals surface area contributed by atoms with Gasteiger partial charge in [0.25, 0.3) is 0 Å². The number of nitrogens with two attached hydrogens (primary N) is 1. The number of nitriles is 1. The number of halogens is 2. The van der Waals surface area contributed by atoms with Crippen molar-refractivity contribution in [2.45, 2.75) is 12.5 Å². The van der Waals surface area contributed by atoms with Crippen LogP contribution < -0.4 is 10.6 Å². The van der Waals surface area contributed by atoms with E-state index in [9.17, 15) is 0 Å². The molecule has 1 aromatic carbocycles. The molecule has 0 amide bonds. The van der Waals surface area contributed by atoms with Crippen molar-refractivity contribution in [1.82, 2.24) is 0 Å². The van der Waals surface area contributed by atoms with Crippen LogP contribution in [0.1, 0.15) is 18.0 Å². The minimum atomic E-state index is -0.170. The number of hydrogen-bond acceptors (Lipinski definition) is 3. The lowest BCUT2D eigenvalue weighted by molar-refractivity contribution is 0.748. The zero-order valence-electron chi connectivity index (χ0n) is 9.38. The number of hydrogen-bond donors (Lipinski definition) is 1. The first-order chi connectivity index (χ1) is 6.65. The van der Waals surface area contributed by atoms with E-state index in [-0.39, 0.29) is 30.9 Å².